The standard InChI is InChI=1S/C13H18BrNO/c14-12-6-5-11(13(16)9-12)10-15-7-3-1-2-4-8-15/h5-6,9,16H,1-4,7-8,10H2. The van der Waals surface area contributed by atoms with E-state index in [0.29, 0.717) is 5.75 Å². The molecule has 2 rings (SSSR count). The molecule has 16 heavy (non-hydrogen) atoms. The summed E-state index contributed by atoms with van der Waals surface area (Å²) in [5, 5.41) is 9.84. The van der Waals surface area contributed by atoms with Gasteiger partial charge in [0, 0.05) is 16.6 Å². The fraction of sp³-hybridized carbons (Fsp3) is 0.538. The smallest absolute Gasteiger partial charge is 0.121 e. The van der Waals surface area contributed by atoms with Crippen LogP contribution in [0.2, 0.25) is 0 Å². The summed E-state index contributed by atoms with van der Waals surface area (Å²) in [7, 11) is 0. The lowest BCUT2D eigenvalue weighted by molar-refractivity contribution is 0.273. The Balaban J connectivity index is 2.01. The van der Waals surface area contributed by atoms with Gasteiger partial charge in [-0.05, 0) is 38.1 Å². The van der Waals surface area contributed by atoms with Crippen LogP contribution in [0.4, 0.5) is 0 Å². The normalized spacial score (nSPS) is 18.3. The minimum Gasteiger partial charge on any atom is -0.508 e. The summed E-state index contributed by atoms with van der Waals surface area (Å²) < 4.78 is 0.935. The highest BCUT2D eigenvalue weighted by molar-refractivity contribution is 9.10. The second-order valence-electron chi connectivity index (χ2n) is 4.46. The molecule has 1 heterocycles. The maximum absolute atomic E-state index is 9.84. The van der Waals surface area contributed by atoms with E-state index in [-0.39, 0.29) is 0 Å². The van der Waals surface area contributed by atoms with Crippen LogP contribution in [0.25, 0.3) is 0 Å². The topological polar surface area (TPSA) is 23.5 Å². The lowest BCUT2D eigenvalue weighted by Crippen LogP contribution is -2.23. The third-order valence-corrected chi connectivity index (χ3v) is 3.63. The predicted octanol–water partition coefficient (Wildman–Crippen LogP) is 3.53. The molecule has 0 amide bonds. The van der Waals surface area contributed by atoms with E-state index in [1.165, 1.54) is 25.7 Å². The van der Waals surface area contributed by atoms with E-state index in [1.54, 1.807) is 6.07 Å². The molecular weight excluding hydrogens is 266 g/mol. The van der Waals surface area contributed by atoms with Crippen molar-refractivity contribution in [3.8, 4) is 5.75 Å². The van der Waals surface area contributed by atoms with Crippen molar-refractivity contribution in [2.75, 3.05) is 13.1 Å². The van der Waals surface area contributed by atoms with E-state index < -0.39 is 0 Å². The fourth-order valence-corrected chi connectivity index (χ4v) is 2.55. The highest BCUT2D eigenvalue weighted by Gasteiger charge is 2.11. The molecule has 1 saturated heterocycles. The van der Waals surface area contributed by atoms with Crippen molar-refractivity contribution in [2.45, 2.75) is 32.2 Å². The molecule has 0 unspecified atom stereocenters. The lowest BCUT2D eigenvalue weighted by atomic mass is 10.2. The molecule has 0 spiro atoms. The quantitative estimate of drug-likeness (QED) is 0.898. The fourth-order valence-electron chi connectivity index (χ4n) is 2.21. The zero-order valence-corrected chi connectivity index (χ0v) is 11.0. The molecule has 0 bridgehead atoms. The monoisotopic (exact) mass is 283 g/mol. The summed E-state index contributed by atoms with van der Waals surface area (Å²) in [6.45, 7) is 3.20. The van der Waals surface area contributed by atoms with Gasteiger partial charge in [0.05, 0.1) is 0 Å². The van der Waals surface area contributed by atoms with E-state index in [0.717, 1.165) is 29.7 Å². The average Bonchev–Trinajstić information content (AvgIpc) is 2.51. The molecule has 3 heteroatoms. The van der Waals surface area contributed by atoms with Crippen LogP contribution in [-0.4, -0.2) is 23.1 Å². The minimum atomic E-state index is 0.402. The van der Waals surface area contributed by atoms with E-state index in [4.69, 9.17) is 0 Å². The Labute approximate surface area is 105 Å². The number of nitrogens with zero attached hydrogens (tertiary/aromatic N) is 1. The number of rotatable bonds is 2. The van der Waals surface area contributed by atoms with Gasteiger partial charge < -0.3 is 5.11 Å². The van der Waals surface area contributed by atoms with Gasteiger partial charge in [-0.15, -0.1) is 0 Å². The molecule has 1 fully saturated rings. The van der Waals surface area contributed by atoms with Gasteiger partial charge in [-0.2, -0.15) is 0 Å². The molecule has 2 nitrogen and oxygen atoms in total. The summed E-state index contributed by atoms with van der Waals surface area (Å²) in [6, 6.07) is 5.77. The first-order chi connectivity index (χ1) is 7.75. The second-order valence-corrected chi connectivity index (χ2v) is 5.38. The van der Waals surface area contributed by atoms with Gasteiger partial charge in [-0.25, -0.2) is 0 Å². The first kappa shape index (κ1) is 11.9. The minimum absolute atomic E-state index is 0.402. The number of phenolic OH excluding ortho intramolecular Hbond substituents is 1. The summed E-state index contributed by atoms with van der Waals surface area (Å²) >= 11 is 3.36. The van der Waals surface area contributed by atoms with Crippen molar-refractivity contribution in [3.05, 3.63) is 28.2 Å². The molecule has 1 aliphatic rings. The predicted molar refractivity (Wildman–Crippen MR) is 69.6 cm³/mol. The maximum atomic E-state index is 9.84. The van der Waals surface area contributed by atoms with Gasteiger partial charge in [0.1, 0.15) is 5.75 Å². The second kappa shape index (κ2) is 5.69. The van der Waals surface area contributed by atoms with Gasteiger partial charge in [0.2, 0.25) is 0 Å². The molecule has 1 aliphatic heterocycles. The van der Waals surface area contributed by atoms with E-state index in [9.17, 15) is 5.11 Å². The molecule has 1 aromatic carbocycles. The summed E-state index contributed by atoms with van der Waals surface area (Å²) in [6.07, 6.45) is 5.28. The molecule has 0 aliphatic carbocycles. The first-order valence-electron chi connectivity index (χ1n) is 5.95. The Morgan fingerprint density at radius 1 is 1.12 bits per heavy atom. The van der Waals surface area contributed by atoms with Gasteiger partial charge >= 0.3 is 0 Å². The SMILES string of the molecule is Oc1cc(Br)ccc1CN1CCCCCC1. The van der Waals surface area contributed by atoms with Crippen molar-refractivity contribution in [1.29, 1.82) is 0 Å². The number of aromatic hydroxyl groups is 1. The Kier molecular flexibility index (Phi) is 4.24. The molecule has 0 radical (unpaired) electrons. The first-order valence-corrected chi connectivity index (χ1v) is 6.75. The Hall–Kier alpha value is -0.540. The van der Waals surface area contributed by atoms with E-state index in [2.05, 4.69) is 20.8 Å². The number of likely N-dealkylation sites (tertiary alicyclic amines) is 1. The third-order valence-electron chi connectivity index (χ3n) is 3.14. The molecule has 1 aromatic rings. The number of hydrogen-bond donors (Lipinski definition) is 1. The van der Waals surface area contributed by atoms with Crippen LogP contribution in [-0.2, 0) is 6.54 Å². The number of benzene rings is 1. The van der Waals surface area contributed by atoms with Crippen molar-refractivity contribution in [2.24, 2.45) is 0 Å². The highest BCUT2D eigenvalue weighted by Crippen LogP contribution is 2.24. The molecule has 1 N–H and O–H groups in total. The Morgan fingerprint density at radius 3 is 2.44 bits per heavy atom. The van der Waals surface area contributed by atoms with Crippen LogP contribution in [0.3, 0.4) is 0 Å². The van der Waals surface area contributed by atoms with Crippen molar-refractivity contribution in [1.82, 2.24) is 4.90 Å². The largest absolute Gasteiger partial charge is 0.508 e. The Morgan fingerprint density at radius 2 is 1.81 bits per heavy atom. The van der Waals surface area contributed by atoms with Crippen LogP contribution in [0, 0.1) is 0 Å². The van der Waals surface area contributed by atoms with Crippen LogP contribution < -0.4 is 0 Å². The van der Waals surface area contributed by atoms with Crippen molar-refractivity contribution >= 4 is 15.9 Å². The van der Waals surface area contributed by atoms with Gasteiger partial charge in [0.15, 0.2) is 0 Å². The van der Waals surface area contributed by atoms with Crippen molar-refractivity contribution in [3.63, 3.8) is 0 Å². The van der Waals surface area contributed by atoms with Crippen LogP contribution in [0.1, 0.15) is 31.2 Å². The van der Waals surface area contributed by atoms with Crippen LogP contribution in [0.15, 0.2) is 22.7 Å². The average molecular weight is 284 g/mol. The third kappa shape index (κ3) is 3.22. The van der Waals surface area contributed by atoms with Gasteiger partial charge in [0.25, 0.3) is 0 Å². The molecule has 0 atom stereocenters. The number of halogens is 1. The highest BCUT2D eigenvalue weighted by atomic mass is 79.9. The lowest BCUT2D eigenvalue weighted by Gasteiger charge is -2.20. The van der Waals surface area contributed by atoms with Crippen LogP contribution in [0.5, 0.6) is 5.75 Å². The van der Waals surface area contributed by atoms with Crippen LogP contribution >= 0.6 is 15.9 Å². The van der Waals surface area contributed by atoms with Crippen molar-refractivity contribution < 1.29 is 5.11 Å². The maximum Gasteiger partial charge on any atom is 0.121 e. The number of phenols is 1. The zero-order valence-electron chi connectivity index (χ0n) is 9.45. The summed E-state index contributed by atoms with van der Waals surface area (Å²) in [5.41, 5.74) is 1.03. The molecule has 0 aromatic heterocycles. The summed E-state index contributed by atoms with van der Waals surface area (Å²) in [5.74, 6) is 0.402. The number of hydrogen-bond acceptors (Lipinski definition) is 2. The summed E-state index contributed by atoms with van der Waals surface area (Å²) in [4.78, 5) is 2.44. The zero-order chi connectivity index (χ0) is 11.4. The molecule has 88 valence electrons. The molecular formula is C13H18BrNO. The molecule has 0 saturated carbocycles. The Bertz CT molecular complexity index is 346. The van der Waals surface area contributed by atoms with E-state index >= 15 is 0 Å². The van der Waals surface area contributed by atoms with Gasteiger partial charge in [-0.1, -0.05) is 34.8 Å². The van der Waals surface area contributed by atoms with E-state index in [1.807, 2.05) is 12.1 Å². The van der Waals surface area contributed by atoms with Gasteiger partial charge in [-0.3, -0.25) is 4.90 Å².